The van der Waals surface area contributed by atoms with Crippen LogP contribution >= 0.6 is 0 Å². The average molecular weight is 215 g/mol. The van der Waals surface area contributed by atoms with Gasteiger partial charge in [0, 0.05) is 0 Å². The third-order valence-corrected chi connectivity index (χ3v) is 1.30. The standard InChI is InChI=1S/C7H12F3NO3/c1-2-3-4-14-6(13)11-5(12)7(8,9)10/h5,12H,2-4H2,1H3,(H,11,13)/t5-/m0/s1. The summed E-state index contributed by atoms with van der Waals surface area (Å²) in [7, 11) is 0. The monoisotopic (exact) mass is 215 g/mol. The van der Waals surface area contributed by atoms with Gasteiger partial charge >= 0.3 is 12.3 Å². The summed E-state index contributed by atoms with van der Waals surface area (Å²) in [6, 6.07) is 0. The number of halogens is 3. The van der Waals surface area contributed by atoms with E-state index in [1.54, 1.807) is 0 Å². The minimum atomic E-state index is -4.87. The molecule has 0 saturated carbocycles. The number of carbonyl (C=O) groups excluding carboxylic acids is 1. The molecule has 0 spiro atoms. The number of amides is 1. The third-order valence-electron chi connectivity index (χ3n) is 1.30. The van der Waals surface area contributed by atoms with Gasteiger partial charge in [0.15, 0.2) is 0 Å². The zero-order valence-electron chi connectivity index (χ0n) is 7.60. The van der Waals surface area contributed by atoms with Gasteiger partial charge in [-0.3, -0.25) is 5.32 Å². The van der Waals surface area contributed by atoms with Gasteiger partial charge < -0.3 is 9.84 Å². The molecule has 0 bridgehead atoms. The lowest BCUT2D eigenvalue weighted by Gasteiger charge is -2.15. The highest BCUT2D eigenvalue weighted by Gasteiger charge is 2.39. The van der Waals surface area contributed by atoms with Crippen molar-refractivity contribution >= 4 is 6.09 Å². The van der Waals surface area contributed by atoms with Gasteiger partial charge in [-0.25, -0.2) is 4.79 Å². The average Bonchev–Trinajstić information content (AvgIpc) is 2.03. The maximum absolute atomic E-state index is 11.7. The molecule has 0 aliphatic rings. The summed E-state index contributed by atoms with van der Waals surface area (Å²) in [4.78, 5) is 10.6. The SMILES string of the molecule is CCCCOC(=O)N[C@@H](O)C(F)(F)F. The fourth-order valence-electron chi connectivity index (χ4n) is 0.544. The van der Waals surface area contributed by atoms with E-state index >= 15 is 0 Å². The molecule has 1 atom stereocenters. The largest absolute Gasteiger partial charge is 0.450 e. The van der Waals surface area contributed by atoms with Crippen LogP contribution < -0.4 is 5.32 Å². The number of aliphatic hydroxyl groups is 1. The molecule has 0 aliphatic carbocycles. The van der Waals surface area contributed by atoms with Crippen molar-refractivity contribution < 1.29 is 27.8 Å². The Morgan fingerprint density at radius 2 is 2.14 bits per heavy atom. The highest BCUT2D eigenvalue weighted by Crippen LogP contribution is 2.17. The quantitative estimate of drug-likeness (QED) is 0.550. The highest BCUT2D eigenvalue weighted by atomic mass is 19.4. The molecule has 0 unspecified atom stereocenters. The first-order valence-corrected chi connectivity index (χ1v) is 4.06. The second-order valence-corrected chi connectivity index (χ2v) is 2.58. The Hall–Kier alpha value is -0.980. The van der Waals surface area contributed by atoms with Gasteiger partial charge in [0.2, 0.25) is 6.23 Å². The maximum Gasteiger partial charge on any atom is 0.433 e. The van der Waals surface area contributed by atoms with E-state index in [0.29, 0.717) is 6.42 Å². The molecule has 0 fully saturated rings. The lowest BCUT2D eigenvalue weighted by Crippen LogP contribution is -2.45. The van der Waals surface area contributed by atoms with Crippen LogP contribution in [-0.4, -0.2) is 30.2 Å². The lowest BCUT2D eigenvalue weighted by molar-refractivity contribution is -0.210. The summed E-state index contributed by atoms with van der Waals surface area (Å²) in [5.41, 5.74) is 0. The molecule has 0 aromatic rings. The molecular weight excluding hydrogens is 203 g/mol. The van der Waals surface area contributed by atoms with Gasteiger partial charge in [0.05, 0.1) is 6.61 Å². The number of aliphatic hydroxyl groups excluding tert-OH is 1. The molecule has 0 saturated heterocycles. The molecule has 0 aromatic heterocycles. The Labute approximate surface area is 79.0 Å². The second-order valence-electron chi connectivity index (χ2n) is 2.58. The number of alkyl halides is 3. The molecule has 7 heteroatoms. The van der Waals surface area contributed by atoms with Crippen LogP contribution in [0.4, 0.5) is 18.0 Å². The Morgan fingerprint density at radius 3 is 2.57 bits per heavy atom. The first-order valence-electron chi connectivity index (χ1n) is 4.06. The number of hydrogen-bond acceptors (Lipinski definition) is 3. The predicted octanol–water partition coefficient (Wildman–Crippen LogP) is 1.39. The Bertz CT molecular complexity index is 184. The van der Waals surface area contributed by atoms with Crippen molar-refractivity contribution in [1.29, 1.82) is 0 Å². The van der Waals surface area contributed by atoms with E-state index in [1.807, 2.05) is 6.92 Å². The van der Waals surface area contributed by atoms with Crippen LogP contribution in [0.2, 0.25) is 0 Å². The minimum Gasteiger partial charge on any atom is -0.450 e. The van der Waals surface area contributed by atoms with Crippen LogP contribution in [-0.2, 0) is 4.74 Å². The van der Waals surface area contributed by atoms with Gasteiger partial charge in [-0.15, -0.1) is 0 Å². The zero-order chi connectivity index (χ0) is 11.2. The number of unbranched alkanes of at least 4 members (excludes halogenated alkanes) is 1. The zero-order valence-corrected chi connectivity index (χ0v) is 7.60. The summed E-state index contributed by atoms with van der Waals surface area (Å²) >= 11 is 0. The number of rotatable bonds is 4. The number of nitrogens with one attached hydrogen (secondary N) is 1. The van der Waals surface area contributed by atoms with E-state index in [2.05, 4.69) is 4.74 Å². The summed E-state index contributed by atoms with van der Waals surface area (Å²) in [5.74, 6) is 0. The van der Waals surface area contributed by atoms with Crippen molar-refractivity contribution in [2.24, 2.45) is 0 Å². The van der Waals surface area contributed by atoms with E-state index in [9.17, 15) is 18.0 Å². The molecule has 0 aromatic carbocycles. The summed E-state index contributed by atoms with van der Waals surface area (Å²) in [5, 5.41) is 9.62. The van der Waals surface area contributed by atoms with Crippen LogP contribution in [0.3, 0.4) is 0 Å². The van der Waals surface area contributed by atoms with E-state index < -0.39 is 18.5 Å². The molecule has 4 nitrogen and oxygen atoms in total. The van der Waals surface area contributed by atoms with Crippen molar-refractivity contribution in [3.8, 4) is 0 Å². The molecule has 84 valence electrons. The Kier molecular flexibility index (Phi) is 5.29. The van der Waals surface area contributed by atoms with Gasteiger partial charge in [0.25, 0.3) is 0 Å². The topological polar surface area (TPSA) is 58.6 Å². The first kappa shape index (κ1) is 13.0. The molecule has 14 heavy (non-hydrogen) atoms. The Morgan fingerprint density at radius 1 is 1.57 bits per heavy atom. The van der Waals surface area contributed by atoms with Crippen molar-refractivity contribution in [3.63, 3.8) is 0 Å². The van der Waals surface area contributed by atoms with Crippen molar-refractivity contribution in [2.45, 2.75) is 32.2 Å². The summed E-state index contributed by atoms with van der Waals surface area (Å²) < 4.78 is 39.4. The number of alkyl carbamates (subject to hydrolysis) is 1. The molecule has 0 radical (unpaired) electrons. The minimum absolute atomic E-state index is 0.0346. The van der Waals surface area contributed by atoms with E-state index in [-0.39, 0.29) is 6.61 Å². The lowest BCUT2D eigenvalue weighted by atomic mass is 10.4. The molecular formula is C7H12F3NO3. The molecule has 0 rings (SSSR count). The molecule has 0 aliphatic heterocycles. The fraction of sp³-hybridized carbons (Fsp3) is 0.857. The highest BCUT2D eigenvalue weighted by molar-refractivity contribution is 5.67. The maximum atomic E-state index is 11.7. The van der Waals surface area contributed by atoms with Crippen molar-refractivity contribution in [1.82, 2.24) is 5.32 Å². The second kappa shape index (κ2) is 5.69. The van der Waals surface area contributed by atoms with Crippen molar-refractivity contribution in [3.05, 3.63) is 0 Å². The first-order chi connectivity index (χ1) is 6.38. The summed E-state index contributed by atoms with van der Waals surface area (Å²) in [6.45, 7) is 1.87. The molecule has 1 amide bonds. The van der Waals surface area contributed by atoms with Crippen molar-refractivity contribution in [2.75, 3.05) is 6.61 Å². The molecule has 0 heterocycles. The van der Waals surface area contributed by atoms with Gasteiger partial charge in [0.1, 0.15) is 0 Å². The van der Waals surface area contributed by atoms with Gasteiger partial charge in [-0.2, -0.15) is 13.2 Å². The van der Waals surface area contributed by atoms with E-state index in [1.165, 1.54) is 5.32 Å². The van der Waals surface area contributed by atoms with E-state index in [4.69, 9.17) is 5.11 Å². The van der Waals surface area contributed by atoms with Crippen LogP contribution in [0.25, 0.3) is 0 Å². The van der Waals surface area contributed by atoms with Crippen LogP contribution in [0.15, 0.2) is 0 Å². The number of hydrogen-bond donors (Lipinski definition) is 2. The third kappa shape index (κ3) is 5.63. The molecule has 2 N–H and O–H groups in total. The number of ether oxygens (including phenoxy) is 1. The number of carbonyl (C=O) groups is 1. The fourth-order valence-corrected chi connectivity index (χ4v) is 0.544. The smallest absolute Gasteiger partial charge is 0.433 e. The van der Waals surface area contributed by atoms with Gasteiger partial charge in [-0.1, -0.05) is 13.3 Å². The predicted molar refractivity (Wildman–Crippen MR) is 41.5 cm³/mol. The summed E-state index contributed by atoms with van der Waals surface area (Å²) in [6.07, 6.45) is -7.70. The van der Waals surface area contributed by atoms with Crippen LogP contribution in [0, 0.1) is 0 Å². The van der Waals surface area contributed by atoms with Gasteiger partial charge in [-0.05, 0) is 6.42 Å². The Balaban J connectivity index is 3.72. The van der Waals surface area contributed by atoms with Crippen LogP contribution in [0.5, 0.6) is 0 Å². The normalized spacial score (nSPS) is 13.5. The van der Waals surface area contributed by atoms with Crippen LogP contribution in [0.1, 0.15) is 19.8 Å². The van der Waals surface area contributed by atoms with E-state index in [0.717, 1.165) is 6.42 Å².